The molecule has 2 aromatic rings. The first kappa shape index (κ1) is 14.4. The summed E-state index contributed by atoms with van der Waals surface area (Å²) in [6.45, 7) is 5.49. The number of rotatable bonds is 4. The van der Waals surface area contributed by atoms with Gasteiger partial charge in [-0.2, -0.15) is 0 Å². The minimum absolute atomic E-state index is 0.0127. The molecule has 3 nitrogen and oxygen atoms in total. The van der Waals surface area contributed by atoms with Crippen molar-refractivity contribution in [3.05, 3.63) is 77.9 Å². The maximum atomic E-state index is 11.7. The van der Waals surface area contributed by atoms with Crippen molar-refractivity contribution in [1.29, 1.82) is 0 Å². The molecular weight excluding hydrogens is 274 g/mol. The molecule has 1 amide bonds. The normalized spacial score (nSPS) is 13.4. The summed E-state index contributed by atoms with van der Waals surface area (Å²) in [5.74, 6) is 0.830. The quantitative estimate of drug-likeness (QED) is 0.809. The maximum absolute atomic E-state index is 11.7. The maximum Gasteiger partial charge on any atom is 0.246 e. The largest absolute Gasteiger partial charge is 0.489 e. The van der Waals surface area contributed by atoms with Gasteiger partial charge >= 0.3 is 0 Å². The van der Waals surface area contributed by atoms with E-state index in [1.807, 2.05) is 47.4 Å². The van der Waals surface area contributed by atoms with Gasteiger partial charge in [0.2, 0.25) is 5.91 Å². The third-order valence-corrected chi connectivity index (χ3v) is 3.92. The molecule has 112 valence electrons. The molecule has 1 heterocycles. The Morgan fingerprint density at radius 2 is 2.00 bits per heavy atom. The van der Waals surface area contributed by atoms with E-state index in [2.05, 4.69) is 12.6 Å². The first-order valence-corrected chi connectivity index (χ1v) is 7.46. The Balaban J connectivity index is 1.70. The molecule has 3 rings (SSSR count). The number of ether oxygens (including phenoxy) is 1. The molecule has 0 N–H and O–H groups in total. The van der Waals surface area contributed by atoms with Gasteiger partial charge in [0.25, 0.3) is 0 Å². The molecule has 3 heteroatoms. The second-order valence-corrected chi connectivity index (χ2v) is 5.42. The lowest BCUT2D eigenvalue weighted by molar-refractivity contribution is -0.126. The lowest BCUT2D eigenvalue weighted by Gasteiger charge is -2.28. The third kappa shape index (κ3) is 3.19. The van der Waals surface area contributed by atoms with Crippen LogP contribution in [0, 0.1) is 0 Å². The summed E-state index contributed by atoms with van der Waals surface area (Å²) in [5, 5.41) is 0. The minimum Gasteiger partial charge on any atom is -0.489 e. The van der Waals surface area contributed by atoms with Crippen molar-refractivity contribution in [1.82, 2.24) is 4.90 Å². The van der Waals surface area contributed by atoms with Crippen molar-refractivity contribution in [2.24, 2.45) is 0 Å². The van der Waals surface area contributed by atoms with Gasteiger partial charge in [0.1, 0.15) is 12.4 Å². The van der Waals surface area contributed by atoms with Crippen molar-refractivity contribution < 1.29 is 9.53 Å². The monoisotopic (exact) mass is 293 g/mol. The highest BCUT2D eigenvalue weighted by Crippen LogP contribution is 2.24. The number of amides is 1. The highest BCUT2D eigenvalue weighted by atomic mass is 16.5. The van der Waals surface area contributed by atoms with Crippen LogP contribution in [0.4, 0.5) is 0 Å². The Morgan fingerprint density at radius 3 is 2.77 bits per heavy atom. The number of hydrogen-bond acceptors (Lipinski definition) is 2. The first-order chi connectivity index (χ1) is 10.8. The minimum atomic E-state index is -0.0127. The fourth-order valence-corrected chi connectivity index (χ4v) is 2.68. The van der Waals surface area contributed by atoms with Crippen LogP contribution < -0.4 is 4.74 Å². The van der Waals surface area contributed by atoms with Crippen LogP contribution in [0.5, 0.6) is 5.75 Å². The highest BCUT2D eigenvalue weighted by Gasteiger charge is 2.19. The molecule has 0 aliphatic carbocycles. The fourth-order valence-electron chi connectivity index (χ4n) is 2.68. The van der Waals surface area contributed by atoms with Crippen molar-refractivity contribution in [3.63, 3.8) is 0 Å². The van der Waals surface area contributed by atoms with E-state index >= 15 is 0 Å². The van der Waals surface area contributed by atoms with Crippen molar-refractivity contribution >= 4 is 5.91 Å². The molecule has 0 aromatic heterocycles. The van der Waals surface area contributed by atoms with Gasteiger partial charge in [-0.15, -0.1) is 0 Å². The average molecular weight is 293 g/mol. The average Bonchev–Trinajstić information content (AvgIpc) is 2.59. The summed E-state index contributed by atoms with van der Waals surface area (Å²) in [6.07, 6.45) is 2.26. The highest BCUT2D eigenvalue weighted by molar-refractivity contribution is 5.87. The molecule has 1 aliphatic heterocycles. The van der Waals surface area contributed by atoms with E-state index in [0.29, 0.717) is 13.2 Å². The second kappa shape index (κ2) is 6.48. The van der Waals surface area contributed by atoms with Gasteiger partial charge in [0.05, 0.1) is 0 Å². The third-order valence-electron chi connectivity index (χ3n) is 3.92. The zero-order valence-electron chi connectivity index (χ0n) is 12.5. The van der Waals surface area contributed by atoms with Crippen LogP contribution >= 0.6 is 0 Å². The standard InChI is InChI=1S/C19H19NO2/c1-2-19(21)20-11-10-16-8-9-18(12-17(16)13-20)22-14-15-6-4-3-5-7-15/h2-9,12H,1,10-11,13-14H2. The van der Waals surface area contributed by atoms with Crippen molar-refractivity contribution in [3.8, 4) is 5.75 Å². The Hall–Kier alpha value is -2.55. The molecule has 0 saturated carbocycles. The van der Waals surface area contributed by atoms with Crippen LogP contribution in [-0.2, 0) is 24.4 Å². The number of carbonyl (C=O) groups is 1. The lowest BCUT2D eigenvalue weighted by Crippen LogP contribution is -2.34. The predicted octanol–water partition coefficient (Wildman–Crippen LogP) is 3.34. The molecule has 0 fully saturated rings. The summed E-state index contributed by atoms with van der Waals surface area (Å²) in [4.78, 5) is 13.6. The summed E-state index contributed by atoms with van der Waals surface area (Å²) < 4.78 is 5.86. The van der Waals surface area contributed by atoms with Gasteiger partial charge < -0.3 is 9.64 Å². The van der Waals surface area contributed by atoms with E-state index in [1.54, 1.807) is 0 Å². The van der Waals surface area contributed by atoms with Gasteiger partial charge in [0.15, 0.2) is 0 Å². The molecule has 0 unspecified atom stereocenters. The van der Waals surface area contributed by atoms with Gasteiger partial charge in [0, 0.05) is 13.1 Å². The van der Waals surface area contributed by atoms with Crippen LogP contribution in [0.3, 0.4) is 0 Å². The van der Waals surface area contributed by atoms with Crippen molar-refractivity contribution in [2.45, 2.75) is 19.6 Å². The van der Waals surface area contributed by atoms with Crippen LogP contribution in [0.25, 0.3) is 0 Å². The summed E-state index contributed by atoms with van der Waals surface area (Å²) in [6, 6.07) is 16.2. The van der Waals surface area contributed by atoms with E-state index in [4.69, 9.17) is 4.74 Å². The van der Waals surface area contributed by atoms with Gasteiger partial charge in [-0.3, -0.25) is 4.79 Å². The van der Waals surface area contributed by atoms with E-state index in [9.17, 15) is 4.79 Å². The van der Waals surface area contributed by atoms with Gasteiger partial charge in [-0.05, 0) is 41.3 Å². The second-order valence-electron chi connectivity index (χ2n) is 5.42. The first-order valence-electron chi connectivity index (χ1n) is 7.46. The Bertz CT molecular complexity index is 679. The van der Waals surface area contributed by atoms with Crippen LogP contribution in [-0.4, -0.2) is 17.4 Å². The Kier molecular flexibility index (Phi) is 4.24. The van der Waals surface area contributed by atoms with Crippen LogP contribution in [0.2, 0.25) is 0 Å². The van der Waals surface area contributed by atoms with E-state index in [1.165, 1.54) is 11.6 Å². The number of carbonyl (C=O) groups excluding carboxylic acids is 1. The topological polar surface area (TPSA) is 29.5 Å². The van der Waals surface area contributed by atoms with Gasteiger partial charge in [-0.1, -0.05) is 43.0 Å². The molecule has 0 radical (unpaired) electrons. The molecule has 1 aliphatic rings. The number of hydrogen-bond donors (Lipinski definition) is 0. The molecule has 2 aromatic carbocycles. The summed E-state index contributed by atoms with van der Waals surface area (Å²) in [5.41, 5.74) is 3.59. The summed E-state index contributed by atoms with van der Waals surface area (Å²) in [7, 11) is 0. The van der Waals surface area contributed by atoms with E-state index in [0.717, 1.165) is 29.8 Å². The zero-order valence-corrected chi connectivity index (χ0v) is 12.5. The van der Waals surface area contributed by atoms with Crippen molar-refractivity contribution in [2.75, 3.05) is 6.54 Å². The summed E-state index contributed by atoms with van der Waals surface area (Å²) >= 11 is 0. The number of fused-ring (bicyclic) bond motifs is 1. The Morgan fingerprint density at radius 1 is 1.18 bits per heavy atom. The SMILES string of the molecule is C=CC(=O)N1CCc2ccc(OCc3ccccc3)cc2C1. The zero-order chi connectivity index (χ0) is 15.4. The molecule has 0 spiro atoms. The fraction of sp³-hybridized carbons (Fsp3) is 0.211. The van der Waals surface area contributed by atoms with Gasteiger partial charge in [-0.25, -0.2) is 0 Å². The number of nitrogens with zero attached hydrogens (tertiary/aromatic N) is 1. The Labute approximate surface area is 130 Å². The number of benzene rings is 2. The molecule has 0 saturated heterocycles. The van der Waals surface area contributed by atoms with Crippen LogP contribution in [0.15, 0.2) is 61.2 Å². The van der Waals surface area contributed by atoms with Crippen LogP contribution in [0.1, 0.15) is 16.7 Å². The lowest BCUT2D eigenvalue weighted by atomic mass is 9.99. The predicted molar refractivity (Wildman–Crippen MR) is 86.5 cm³/mol. The van der Waals surface area contributed by atoms with E-state index in [-0.39, 0.29) is 5.91 Å². The molecule has 0 atom stereocenters. The van der Waals surface area contributed by atoms with E-state index < -0.39 is 0 Å². The smallest absolute Gasteiger partial charge is 0.246 e. The molecular formula is C19H19NO2. The molecule has 22 heavy (non-hydrogen) atoms. The molecule has 0 bridgehead atoms.